The van der Waals surface area contributed by atoms with Crippen LogP contribution in [-0.4, -0.2) is 36.0 Å². The largest absolute Gasteiger partial charge is 0.395 e. The quantitative estimate of drug-likeness (QED) is 0.529. The van der Waals surface area contributed by atoms with E-state index in [4.69, 9.17) is 10.2 Å². The molecule has 1 aromatic rings. The first kappa shape index (κ1) is 12.1. The van der Waals surface area contributed by atoms with E-state index < -0.39 is 0 Å². The molecule has 1 rings (SSSR count). The van der Waals surface area contributed by atoms with Crippen molar-refractivity contribution in [1.82, 2.24) is 5.32 Å². The summed E-state index contributed by atoms with van der Waals surface area (Å²) in [6.07, 6.45) is 4.91. The summed E-state index contributed by atoms with van der Waals surface area (Å²) in [6, 6.07) is 3.92. The van der Waals surface area contributed by atoms with Gasteiger partial charge in [-0.3, -0.25) is 0 Å². The zero-order chi connectivity index (χ0) is 11.1. The van der Waals surface area contributed by atoms with Gasteiger partial charge < -0.3 is 15.5 Å². The molecular formula is C11H19N2O2+. The molecule has 0 saturated carbocycles. The van der Waals surface area contributed by atoms with Crippen LogP contribution >= 0.6 is 0 Å². The minimum absolute atomic E-state index is 0.0275. The van der Waals surface area contributed by atoms with E-state index in [-0.39, 0.29) is 19.3 Å². The first-order valence-electron chi connectivity index (χ1n) is 5.15. The summed E-state index contributed by atoms with van der Waals surface area (Å²) in [5.74, 6) is 0. The van der Waals surface area contributed by atoms with Gasteiger partial charge in [-0.15, -0.1) is 0 Å². The van der Waals surface area contributed by atoms with Crippen LogP contribution in [0.3, 0.4) is 0 Å². The Kier molecular flexibility index (Phi) is 5.25. The fourth-order valence-electron chi connectivity index (χ4n) is 1.31. The Hall–Kier alpha value is -0.970. The fourth-order valence-corrected chi connectivity index (χ4v) is 1.31. The molecule has 0 bridgehead atoms. The average molecular weight is 211 g/mol. The smallest absolute Gasteiger partial charge is 0.168 e. The molecule has 0 aromatic carbocycles. The maximum atomic E-state index is 8.83. The van der Waals surface area contributed by atoms with Gasteiger partial charge in [0.15, 0.2) is 12.4 Å². The molecule has 4 heteroatoms. The van der Waals surface area contributed by atoms with Gasteiger partial charge in [0, 0.05) is 12.1 Å². The highest BCUT2D eigenvalue weighted by Gasteiger charge is 2.03. The summed E-state index contributed by atoms with van der Waals surface area (Å²) in [5, 5.41) is 20.7. The van der Waals surface area contributed by atoms with E-state index in [0.29, 0.717) is 0 Å². The van der Waals surface area contributed by atoms with Crippen LogP contribution in [0.1, 0.15) is 5.56 Å². The molecule has 0 spiro atoms. The van der Waals surface area contributed by atoms with Crippen molar-refractivity contribution in [3.63, 3.8) is 0 Å². The number of aliphatic hydroxyl groups excluding tert-OH is 2. The van der Waals surface area contributed by atoms with Gasteiger partial charge >= 0.3 is 0 Å². The number of rotatable bonds is 6. The molecule has 84 valence electrons. The molecule has 0 aliphatic carbocycles. The number of hydrogen-bond acceptors (Lipinski definition) is 3. The number of aliphatic hydroxyl groups is 2. The lowest BCUT2D eigenvalue weighted by Crippen LogP contribution is -2.37. The van der Waals surface area contributed by atoms with Crippen molar-refractivity contribution in [3.8, 4) is 0 Å². The van der Waals surface area contributed by atoms with Gasteiger partial charge in [0.1, 0.15) is 7.05 Å². The molecule has 4 nitrogen and oxygen atoms in total. The van der Waals surface area contributed by atoms with Gasteiger partial charge in [-0.2, -0.15) is 0 Å². The summed E-state index contributed by atoms with van der Waals surface area (Å²) < 4.78 is 1.99. The topological polar surface area (TPSA) is 56.4 Å². The third-order valence-corrected chi connectivity index (χ3v) is 2.33. The number of aryl methyl sites for hydroxylation is 1. The molecule has 1 aromatic heterocycles. The summed E-state index contributed by atoms with van der Waals surface area (Å²) >= 11 is 0. The molecule has 0 saturated heterocycles. The van der Waals surface area contributed by atoms with Crippen LogP contribution in [0, 0.1) is 0 Å². The zero-order valence-corrected chi connectivity index (χ0v) is 9.06. The fraction of sp³-hybridized carbons (Fsp3) is 0.545. The second kappa shape index (κ2) is 6.50. The monoisotopic (exact) mass is 211 g/mol. The Balaban J connectivity index is 2.28. The first-order valence-corrected chi connectivity index (χ1v) is 5.15. The van der Waals surface area contributed by atoms with Crippen LogP contribution in [0.25, 0.3) is 0 Å². The number of nitrogens with one attached hydrogen (secondary N) is 1. The van der Waals surface area contributed by atoms with Crippen LogP contribution in [0.5, 0.6) is 0 Å². The van der Waals surface area contributed by atoms with E-state index in [9.17, 15) is 0 Å². The van der Waals surface area contributed by atoms with Gasteiger partial charge in [-0.25, -0.2) is 4.57 Å². The van der Waals surface area contributed by atoms with Gasteiger partial charge in [0.2, 0.25) is 0 Å². The van der Waals surface area contributed by atoms with Crippen LogP contribution < -0.4 is 9.88 Å². The first-order chi connectivity index (χ1) is 7.26. The van der Waals surface area contributed by atoms with Gasteiger partial charge in [-0.05, 0) is 18.5 Å². The van der Waals surface area contributed by atoms with Crippen LogP contribution in [0.15, 0.2) is 24.5 Å². The SMILES string of the molecule is C[n+]1ccc(CCNC(CO)CO)cc1. The van der Waals surface area contributed by atoms with E-state index in [1.165, 1.54) is 5.56 Å². The molecule has 0 unspecified atom stereocenters. The third kappa shape index (κ3) is 4.38. The van der Waals surface area contributed by atoms with Crippen LogP contribution in [0.2, 0.25) is 0 Å². The Morgan fingerprint density at radius 3 is 2.40 bits per heavy atom. The highest BCUT2D eigenvalue weighted by molar-refractivity contribution is 5.07. The third-order valence-electron chi connectivity index (χ3n) is 2.33. The lowest BCUT2D eigenvalue weighted by Gasteiger charge is -2.12. The number of pyridine rings is 1. The molecule has 3 N–H and O–H groups in total. The minimum Gasteiger partial charge on any atom is -0.395 e. The van der Waals surface area contributed by atoms with Crippen LogP contribution in [0.4, 0.5) is 0 Å². The molecule has 0 fully saturated rings. The molecule has 0 radical (unpaired) electrons. The summed E-state index contributed by atoms with van der Waals surface area (Å²) in [6.45, 7) is 0.708. The van der Waals surface area contributed by atoms with Crippen LogP contribution in [-0.2, 0) is 13.5 Å². The normalized spacial score (nSPS) is 10.9. The molecule has 0 atom stereocenters. The van der Waals surface area contributed by atoms with Gasteiger partial charge in [0.25, 0.3) is 0 Å². The Labute approximate surface area is 90.2 Å². The highest BCUT2D eigenvalue weighted by atomic mass is 16.3. The van der Waals surface area contributed by atoms with Crippen molar-refractivity contribution in [1.29, 1.82) is 0 Å². The Morgan fingerprint density at radius 1 is 1.27 bits per heavy atom. The Morgan fingerprint density at radius 2 is 1.87 bits per heavy atom. The second-order valence-electron chi connectivity index (χ2n) is 3.64. The predicted molar refractivity (Wildman–Crippen MR) is 57.3 cm³/mol. The van der Waals surface area contributed by atoms with Crippen molar-refractivity contribution >= 4 is 0 Å². The van der Waals surface area contributed by atoms with E-state index in [2.05, 4.69) is 17.4 Å². The molecule has 15 heavy (non-hydrogen) atoms. The molecular weight excluding hydrogens is 192 g/mol. The zero-order valence-electron chi connectivity index (χ0n) is 9.06. The van der Waals surface area contributed by atoms with E-state index in [0.717, 1.165) is 13.0 Å². The van der Waals surface area contributed by atoms with Gasteiger partial charge in [0.05, 0.1) is 19.3 Å². The van der Waals surface area contributed by atoms with Crippen molar-refractivity contribution in [2.24, 2.45) is 7.05 Å². The summed E-state index contributed by atoms with van der Waals surface area (Å²) in [4.78, 5) is 0. The molecule has 0 aliphatic rings. The lowest BCUT2D eigenvalue weighted by molar-refractivity contribution is -0.671. The van der Waals surface area contributed by atoms with Crippen molar-refractivity contribution in [3.05, 3.63) is 30.1 Å². The standard InChI is InChI=1S/C11H19N2O2/c1-13-6-3-10(4-7-13)2-5-12-11(8-14)9-15/h3-4,6-7,11-12,14-15H,2,5,8-9H2,1H3/q+1. The highest BCUT2D eigenvalue weighted by Crippen LogP contribution is 1.95. The maximum absolute atomic E-state index is 8.83. The van der Waals surface area contributed by atoms with E-state index >= 15 is 0 Å². The minimum atomic E-state index is -0.204. The van der Waals surface area contributed by atoms with E-state index in [1.54, 1.807) is 0 Å². The number of nitrogens with zero attached hydrogens (tertiary/aromatic N) is 1. The molecule has 0 aliphatic heterocycles. The predicted octanol–water partition coefficient (Wildman–Crippen LogP) is -1.00. The summed E-state index contributed by atoms with van der Waals surface area (Å²) in [5.41, 5.74) is 1.25. The Bertz CT molecular complexity index is 270. The van der Waals surface area contributed by atoms with Crippen molar-refractivity contribution in [2.45, 2.75) is 12.5 Å². The van der Waals surface area contributed by atoms with Crippen molar-refractivity contribution in [2.75, 3.05) is 19.8 Å². The maximum Gasteiger partial charge on any atom is 0.168 e. The lowest BCUT2D eigenvalue weighted by atomic mass is 10.2. The van der Waals surface area contributed by atoms with Crippen molar-refractivity contribution < 1.29 is 14.8 Å². The average Bonchev–Trinajstić information content (AvgIpc) is 2.27. The number of aromatic nitrogens is 1. The molecule has 1 heterocycles. The summed E-state index contributed by atoms with van der Waals surface area (Å²) in [7, 11) is 1.98. The number of hydrogen-bond donors (Lipinski definition) is 3. The second-order valence-corrected chi connectivity index (χ2v) is 3.64. The molecule has 0 amide bonds. The van der Waals surface area contributed by atoms with Gasteiger partial charge in [-0.1, -0.05) is 0 Å². The van der Waals surface area contributed by atoms with E-state index in [1.807, 2.05) is 24.0 Å².